The maximum atomic E-state index is 5.53. The highest BCUT2D eigenvalue weighted by Crippen LogP contribution is 2.17. The van der Waals surface area contributed by atoms with Crippen LogP contribution in [0.4, 0.5) is 0 Å². The number of fused-ring (bicyclic) bond motifs is 1. The van der Waals surface area contributed by atoms with Crippen molar-refractivity contribution in [3.63, 3.8) is 0 Å². The van der Waals surface area contributed by atoms with Crippen molar-refractivity contribution in [3.8, 4) is 0 Å². The van der Waals surface area contributed by atoms with Crippen LogP contribution in [0.15, 0.2) is 30.9 Å². The molecule has 96 valence electrons. The summed E-state index contributed by atoms with van der Waals surface area (Å²) in [7, 11) is 0. The molecule has 0 amide bonds. The standard InChI is InChI=1S/C14H18N2OS/c1-3-4-9-17-10-8-16-12-7-5-6-11(2)13(12)15-14(16)18/h3,5-7H,1,4,8-10H2,2H3,(H,15,18). The Hall–Kier alpha value is -1.39. The molecule has 2 rings (SSSR count). The Morgan fingerprint density at radius 2 is 2.28 bits per heavy atom. The van der Waals surface area contributed by atoms with Crippen LogP contribution in [0.5, 0.6) is 0 Å². The van der Waals surface area contributed by atoms with E-state index in [-0.39, 0.29) is 0 Å². The third-order valence-corrected chi connectivity index (χ3v) is 3.27. The maximum Gasteiger partial charge on any atom is 0.178 e. The van der Waals surface area contributed by atoms with Gasteiger partial charge in [0, 0.05) is 6.54 Å². The van der Waals surface area contributed by atoms with Crippen LogP contribution in [0, 0.1) is 11.7 Å². The Bertz CT molecular complexity index is 597. The van der Waals surface area contributed by atoms with Crippen LogP contribution >= 0.6 is 12.2 Å². The highest BCUT2D eigenvalue weighted by molar-refractivity contribution is 7.71. The molecule has 0 radical (unpaired) electrons. The topological polar surface area (TPSA) is 29.9 Å². The molecular formula is C14H18N2OS. The number of nitrogens with one attached hydrogen (secondary N) is 1. The minimum Gasteiger partial charge on any atom is -0.379 e. The molecule has 0 unspecified atom stereocenters. The first-order valence-corrected chi connectivity index (χ1v) is 6.51. The fourth-order valence-corrected chi connectivity index (χ4v) is 2.26. The van der Waals surface area contributed by atoms with E-state index in [1.165, 1.54) is 5.56 Å². The number of hydrogen-bond acceptors (Lipinski definition) is 2. The van der Waals surface area contributed by atoms with Crippen molar-refractivity contribution >= 4 is 23.3 Å². The predicted molar refractivity (Wildman–Crippen MR) is 77.5 cm³/mol. The van der Waals surface area contributed by atoms with Gasteiger partial charge >= 0.3 is 0 Å². The Morgan fingerprint density at radius 3 is 3.06 bits per heavy atom. The normalized spacial score (nSPS) is 10.9. The first-order chi connectivity index (χ1) is 8.74. The summed E-state index contributed by atoms with van der Waals surface area (Å²) in [5.74, 6) is 0. The Morgan fingerprint density at radius 1 is 1.44 bits per heavy atom. The lowest BCUT2D eigenvalue weighted by Crippen LogP contribution is -2.06. The van der Waals surface area contributed by atoms with Gasteiger partial charge in [-0.2, -0.15) is 0 Å². The first-order valence-electron chi connectivity index (χ1n) is 6.11. The van der Waals surface area contributed by atoms with Crippen molar-refractivity contribution < 1.29 is 4.74 Å². The van der Waals surface area contributed by atoms with Crippen molar-refractivity contribution in [2.45, 2.75) is 19.9 Å². The number of hydrogen-bond donors (Lipinski definition) is 1. The number of aromatic nitrogens is 2. The van der Waals surface area contributed by atoms with Crippen LogP contribution in [0.25, 0.3) is 11.0 Å². The number of nitrogens with zero attached hydrogens (tertiary/aromatic N) is 1. The Balaban J connectivity index is 2.13. The highest BCUT2D eigenvalue weighted by atomic mass is 32.1. The number of para-hydroxylation sites is 1. The van der Waals surface area contributed by atoms with Crippen LogP contribution in [0.3, 0.4) is 0 Å². The van der Waals surface area contributed by atoms with E-state index in [2.05, 4.69) is 41.3 Å². The second-order valence-electron chi connectivity index (χ2n) is 4.24. The molecule has 0 aliphatic rings. The number of benzene rings is 1. The van der Waals surface area contributed by atoms with E-state index in [4.69, 9.17) is 17.0 Å². The number of H-pyrrole nitrogens is 1. The van der Waals surface area contributed by atoms with E-state index in [1.54, 1.807) is 0 Å². The van der Waals surface area contributed by atoms with Crippen LogP contribution in [0.1, 0.15) is 12.0 Å². The molecule has 0 bridgehead atoms. The van der Waals surface area contributed by atoms with Crippen LogP contribution in [0.2, 0.25) is 0 Å². The van der Waals surface area contributed by atoms with E-state index in [0.717, 1.165) is 35.4 Å². The number of imidazole rings is 1. The molecule has 2 aromatic rings. The largest absolute Gasteiger partial charge is 0.379 e. The van der Waals surface area contributed by atoms with Gasteiger partial charge in [-0.05, 0) is 37.2 Å². The summed E-state index contributed by atoms with van der Waals surface area (Å²) in [6.07, 6.45) is 2.75. The third kappa shape index (κ3) is 2.71. The van der Waals surface area contributed by atoms with Gasteiger partial charge in [-0.1, -0.05) is 18.2 Å². The molecule has 1 heterocycles. The molecule has 0 spiro atoms. The summed E-state index contributed by atoms with van der Waals surface area (Å²) in [6, 6.07) is 6.21. The fraction of sp³-hybridized carbons (Fsp3) is 0.357. The Labute approximate surface area is 112 Å². The molecule has 1 N–H and O–H groups in total. The van der Waals surface area contributed by atoms with Crippen molar-refractivity contribution in [1.82, 2.24) is 9.55 Å². The van der Waals surface area contributed by atoms with Gasteiger partial charge in [0.1, 0.15) is 0 Å². The van der Waals surface area contributed by atoms with E-state index in [9.17, 15) is 0 Å². The molecule has 0 saturated carbocycles. The molecule has 0 fully saturated rings. The molecule has 0 aliphatic heterocycles. The fourth-order valence-electron chi connectivity index (χ4n) is 1.97. The number of aromatic amines is 1. The average Bonchev–Trinajstić information content (AvgIpc) is 2.68. The van der Waals surface area contributed by atoms with Gasteiger partial charge in [-0.3, -0.25) is 0 Å². The summed E-state index contributed by atoms with van der Waals surface area (Å²) >= 11 is 5.35. The quantitative estimate of drug-likeness (QED) is 0.490. The molecular weight excluding hydrogens is 244 g/mol. The lowest BCUT2D eigenvalue weighted by atomic mass is 10.2. The van der Waals surface area contributed by atoms with E-state index < -0.39 is 0 Å². The van der Waals surface area contributed by atoms with Crippen LogP contribution < -0.4 is 0 Å². The number of ether oxygens (including phenoxy) is 1. The number of rotatable bonds is 6. The molecule has 18 heavy (non-hydrogen) atoms. The molecule has 0 atom stereocenters. The highest BCUT2D eigenvalue weighted by Gasteiger charge is 2.05. The van der Waals surface area contributed by atoms with E-state index >= 15 is 0 Å². The summed E-state index contributed by atoms with van der Waals surface area (Å²) < 4.78 is 8.37. The van der Waals surface area contributed by atoms with Gasteiger partial charge in [-0.25, -0.2) is 0 Å². The summed E-state index contributed by atoms with van der Waals surface area (Å²) in [6.45, 7) is 7.92. The summed E-state index contributed by atoms with van der Waals surface area (Å²) in [5.41, 5.74) is 3.48. The van der Waals surface area contributed by atoms with E-state index in [1.807, 2.05) is 6.08 Å². The molecule has 0 saturated heterocycles. The lowest BCUT2D eigenvalue weighted by Gasteiger charge is -2.05. The lowest BCUT2D eigenvalue weighted by molar-refractivity contribution is 0.131. The van der Waals surface area contributed by atoms with Crippen LogP contribution in [-0.4, -0.2) is 22.8 Å². The zero-order valence-corrected chi connectivity index (χ0v) is 11.4. The second kappa shape index (κ2) is 5.98. The smallest absolute Gasteiger partial charge is 0.178 e. The van der Waals surface area contributed by atoms with Crippen molar-refractivity contribution in [2.24, 2.45) is 0 Å². The summed E-state index contributed by atoms with van der Waals surface area (Å²) in [4.78, 5) is 3.25. The monoisotopic (exact) mass is 262 g/mol. The second-order valence-corrected chi connectivity index (χ2v) is 4.63. The van der Waals surface area contributed by atoms with Gasteiger partial charge in [0.2, 0.25) is 0 Å². The molecule has 0 aliphatic carbocycles. The van der Waals surface area contributed by atoms with Crippen molar-refractivity contribution in [3.05, 3.63) is 41.2 Å². The number of aryl methyl sites for hydroxylation is 1. The van der Waals surface area contributed by atoms with E-state index in [0.29, 0.717) is 6.61 Å². The molecule has 1 aromatic heterocycles. The van der Waals surface area contributed by atoms with Gasteiger partial charge in [0.15, 0.2) is 4.77 Å². The average molecular weight is 262 g/mol. The SMILES string of the molecule is C=CCCOCCn1c(=S)[nH]c2c(C)cccc21. The minimum absolute atomic E-state index is 0.670. The zero-order chi connectivity index (χ0) is 13.0. The van der Waals surface area contributed by atoms with Crippen molar-refractivity contribution in [2.75, 3.05) is 13.2 Å². The third-order valence-electron chi connectivity index (χ3n) is 2.94. The summed E-state index contributed by atoms with van der Waals surface area (Å²) in [5, 5.41) is 0. The molecule has 4 heteroatoms. The van der Waals surface area contributed by atoms with Gasteiger partial charge < -0.3 is 14.3 Å². The predicted octanol–water partition coefficient (Wildman–Crippen LogP) is 3.60. The van der Waals surface area contributed by atoms with Crippen LogP contribution in [-0.2, 0) is 11.3 Å². The van der Waals surface area contributed by atoms with Gasteiger partial charge in [0.25, 0.3) is 0 Å². The van der Waals surface area contributed by atoms with Gasteiger partial charge in [-0.15, -0.1) is 6.58 Å². The van der Waals surface area contributed by atoms with Gasteiger partial charge in [0.05, 0.1) is 24.2 Å². The Kier molecular flexibility index (Phi) is 4.33. The maximum absolute atomic E-state index is 5.53. The molecule has 1 aromatic carbocycles. The minimum atomic E-state index is 0.670. The zero-order valence-electron chi connectivity index (χ0n) is 10.6. The van der Waals surface area contributed by atoms with Crippen molar-refractivity contribution in [1.29, 1.82) is 0 Å². The first kappa shape index (κ1) is 13.1. The molecule has 3 nitrogen and oxygen atoms in total.